The van der Waals surface area contributed by atoms with Crippen LogP contribution in [0.25, 0.3) is 0 Å². The zero-order valence-electron chi connectivity index (χ0n) is 6.40. The summed E-state index contributed by atoms with van der Waals surface area (Å²) in [5.74, 6) is 0. The van der Waals surface area contributed by atoms with E-state index in [1.807, 2.05) is 0 Å². The van der Waals surface area contributed by atoms with Gasteiger partial charge in [-0.1, -0.05) is 13.8 Å². The highest BCUT2D eigenvalue weighted by atomic mass is 31.0. The Hall–Kier alpha value is 0.390. The minimum Gasteiger partial charge on any atom is -0.371 e. The zero-order chi connectivity index (χ0) is 7.12. The van der Waals surface area contributed by atoms with Crippen LogP contribution in [0.4, 0.5) is 0 Å². The standard InChI is InChI=1S/C7H15OP/c1-6(2)4-5-8-7(6,3)9/h4-5,9H2,1-3H3. The van der Waals surface area contributed by atoms with Crippen LogP contribution in [0.1, 0.15) is 27.2 Å². The van der Waals surface area contributed by atoms with Gasteiger partial charge in [0.25, 0.3) is 0 Å². The predicted octanol–water partition coefficient (Wildman–Crippen LogP) is 2.02. The normalized spacial score (nSPS) is 41.3. The molecule has 0 saturated carbocycles. The lowest BCUT2D eigenvalue weighted by molar-refractivity contribution is 0.0463. The minimum absolute atomic E-state index is 0.00694. The molecule has 0 amide bonds. The molecule has 0 radical (unpaired) electrons. The van der Waals surface area contributed by atoms with Gasteiger partial charge in [0.15, 0.2) is 0 Å². The van der Waals surface area contributed by atoms with Crippen molar-refractivity contribution in [3.8, 4) is 0 Å². The van der Waals surface area contributed by atoms with Crippen LogP contribution < -0.4 is 0 Å². The first kappa shape index (κ1) is 7.50. The largest absolute Gasteiger partial charge is 0.371 e. The molecule has 0 spiro atoms. The van der Waals surface area contributed by atoms with Gasteiger partial charge in [-0.25, -0.2) is 0 Å². The van der Waals surface area contributed by atoms with E-state index in [0.29, 0.717) is 5.41 Å². The summed E-state index contributed by atoms with van der Waals surface area (Å²) in [6.07, 6.45) is 1.17. The fraction of sp³-hybridized carbons (Fsp3) is 1.00. The molecular weight excluding hydrogens is 131 g/mol. The number of rotatable bonds is 0. The molecule has 0 bridgehead atoms. The molecule has 1 heterocycles. The summed E-state index contributed by atoms with van der Waals surface area (Å²) in [5, 5.41) is 0.00694. The molecule has 0 aromatic carbocycles. The van der Waals surface area contributed by atoms with Crippen molar-refractivity contribution in [2.45, 2.75) is 32.5 Å². The molecule has 1 aliphatic rings. The van der Waals surface area contributed by atoms with Gasteiger partial charge in [0.2, 0.25) is 0 Å². The molecule has 1 nitrogen and oxygen atoms in total. The van der Waals surface area contributed by atoms with Gasteiger partial charge in [-0.15, -0.1) is 9.24 Å². The van der Waals surface area contributed by atoms with Crippen molar-refractivity contribution >= 4 is 9.24 Å². The SMILES string of the molecule is CC1(C)CCOC1(C)P. The molecule has 0 aliphatic carbocycles. The third kappa shape index (κ3) is 1.13. The van der Waals surface area contributed by atoms with Crippen molar-refractivity contribution in [1.29, 1.82) is 0 Å². The van der Waals surface area contributed by atoms with E-state index in [1.165, 1.54) is 6.42 Å². The average Bonchev–Trinajstić information content (AvgIpc) is 1.81. The molecule has 1 fully saturated rings. The second-order valence-corrected chi connectivity index (χ2v) is 4.69. The fourth-order valence-corrected chi connectivity index (χ4v) is 1.22. The van der Waals surface area contributed by atoms with E-state index in [9.17, 15) is 0 Å². The first-order valence-corrected chi connectivity index (χ1v) is 3.96. The maximum absolute atomic E-state index is 5.52. The van der Waals surface area contributed by atoms with Crippen molar-refractivity contribution in [1.82, 2.24) is 0 Å². The van der Waals surface area contributed by atoms with Crippen LogP contribution in [0.3, 0.4) is 0 Å². The van der Waals surface area contributed by atoms with Gasteiger partial charge in [0.1, 0.15) is 0 Å². The van der Waals surface area contributed by atoms with E-state index in [2.05, 4.69) is 30.0 Å². The lowest BCUT2D eigenvalue weighted by Crippen LogP contribution is -2.30. The lowest BCUT2D eigenvalue weighted by Gasteiger charge is -2.32. The second-order valence-electron chi connectivity index (χ2n) is 3.59. The summed E-state index contributed by atoms with van der Waals surface area (Å²) >= 11 is 0. The molecule has 2 unspecified atom stereocenters. The highest BCUT2D eigenvalue weighted by molar-refractivity contribution is 7.18. The van der Waals surface area contributed by atoms with E-state index >= 15 is 0 Å². The van der Waals surface area contributed by atoms with E-state index in [1.54, 1.807) is 0 Å². The zero-order valence-corrected chi connectivity index (χ0v) is 7.55. The fourth-order valence-electron chi connectivity index (χ4n) is 0.962. The molecule has 2 heteroatoms. The first-order valence-electron chi connectivity index (χ1n) is 3.39. The lowest BCUT2D eigenvalue weighted by atomic mass is 9.86. The molecular formula is C7H15OP. The Labute approximate surface area is 59.4 Å². The van der Waals surface area contributed by atoms with Gasteiger partial charge in [-0.3, -0.25) is 0 Å². The Balaban J connectivity index is 2.75. The summed E-state index contributed by atoms with van der Waals surface area (Å²) in [7, 11) is 2.78. The maximum atomic E-state index is 5.52. The molecule has 0 aromatic rings. The Kier molecular flexibility index (Phi) is 1.61. The molecule has 0 N–H and O–H groups in total. The van der Waals surface area contributed by atoms with Gasteiger partial charge < -0.3 is 4.74 Å². The van der Waals surface area contributed by atoms with E-state index < -0.39 is 0 Å². The summed E-state index contributed by atoms with van der Waals surface area (Å²) in [5.41, 5.74) is 0.331. The van der Waals surface area contributed by atoms with Crippen LogP contribution in [0.15, 0.2) is 0 Å². The highest BCUT2D eigenvalue weighted by Crippen LogP contribution is 2.46. The van der Waals surface area contributed by atoms with Crippen LogP contribution in [-0.2, 0) is 4.74 Å². The van der Waals surface area contributed by atoms with Gasteiger partial charge in [-0.2, -0.15) is 0 Å². The summed E-state index contributed by atoms with van der Waals surface area (Å²) in [6.45, 7) is 7.53. The second kappa shape index (κ2) is 1.93. The van der Waals surface area contributed by atoms with Gasteiger partial charge in [0, 0.05) is 6.61 Å². The quantitative estimate of drug-likeness (QED) is 0.475. The Morgan fingerprint density at radius 3 is 2.00 bits per heavy atom. The summed E-state index contributed by atoms with van der Waals surface area (Å²) in [6, 6.07) is 0. The number of hydrogen-bond acceptors (Lipinski definition) is 1. The smallest absolute Gasteiger partial charge is 0.0836 e. The Bertz CT molecular complexity index is 104. The molecule has 2 atom stereocenters. The monoisotopic (exact) mass is 146 g/mol. The molecule has 0 aromatic heterocycles. The van der Waals surface area contributed by atoms with Crippen LogP contribution in [0.5, 0.6) is 0 Å². The number of hydrogen-bond donors (Lipinski definition) is 0. The van der Waals surface area contributed by atoms with Gasteiger partial charge in [0.05, 0.1) is 5.34 Å². The highest BCUT2D eigenvalue weighted by Gasteiger charge is 2.42. The van der Waals surface area contributed by atoms with Crippen molar-refractivity contribution in [2.24, 2.45) is 5.41 Å². The average molecular weight is 146 g/mol. The summed E-state index contributed by atoms with van der Waals surface area (Å²) in [4.78, 5) is 0. The molecule has 54 valence electrons. The topological polar surface area (TPSA) is 9.23 Å². The van der Waals surface area contributed by atoms with Crippen molar-refractivity contribution in [2.75, 3.05) is 6.61 Å². The van der Waals surface area contributed by atoms with Crippen LogP contribution in [0, 0.1) is 5.41 Å². The maximum Gasteiger partial charge on any atom is 0.0836 e. The van der Waals surface area contributed by atoms with Crippen LogP contribution in [0.2, 0.25) is 0 Å². The van der Waals surface area contributed by atoms with E-state index in [4.69, 9.17) is 4.74 Å². The third-order valence-corrected chi connectivity index (χ3v) is 3.42. The molecule has 1 saturated heterocycles. The molecule has 9 heavy (non-hydrogen) atoms. The van der Waals surface area contributed by atoms with Crippen LogP contribution in [-0.4, -0.2) is 11.9 Å². The number of ether oxygens (including phenoxy) is 1. The van der Waals surface area contributed by atoms with Crippen molar-refractivity contribution in [3.05, 3.63) is 0 Å². The van der Waals surface area contributed by atoms with E-state index in [0.717, 1.165) is 6.61 Å². The van der Waals surface area contributed by atoms with Gasteiger partial charge >= 0.3 is 0 Å². The third-order valence-electron chi connectivity index (χ3n) is 2.47. The van der Waals surface area contributed by atoms with Crippen LogP contribution >= 0.6 is 9.24 Å². The van der Waals surface area contributed by atoms with Crippen molar-refractivity contribution < 1.29 is 4.74 Å². The Morgan fingerprint density at radius 1 is 1.33 bits per heavy atom. The van der Waals surface area contributed by atoms with E-state index in [-0.39, 0.29) is 5.34 Å². The van der Waals surface area contributed by atoms with Crippen molar-refractivity contribution in [3.63, 3.8) is 0 Å². The molecule has 1 rings (SSSR count). The first-order chi connectivity index (χ1) is 3.96. The Morgan fingerprint density at radius 2 is 1.89 bits per heavy atom. The minimum atomic E-state index is 0.00694. The van der Waals surface area contributed by atoms with Gasteiger partial charge in [-0.05, 0) is 18.8 Å². The predicted molar refractivity (Wildman–Crippen MR) is 42.5 cm³/mol. The molecule has 1 aliphatic heterocycles. The summed E-state index contributed by atoms with van der Waals surface area (Å²) < 4.78 is 5.52.